The van der Waals surface area contributed by atoms with Crippen molar-refractivity contribution in [2.75, 3.05) is 5.32 Å². The Morgan fingerprint density at radius 3 is 2.71 bits per heavy atom. The zero-order valence-corrected chi connectivity index (χ0v) is 21.2. The molecule has 2 heterocycles. The maximum Gasteiger partial charge on any atom is 0.247 e. The topological polar surface area (TPSA) is 77.0 Å². The first-order valence-electron chi connectivity index (χ1n) is 12.3. The minimum absolute atomic E-state index is 0.272. The normalized spacial score (nSPS) is 12.8. The highest BCUT2D eigenvalue weighted by atomic mass is 35.5. The van der Waals surface area contributed by atoms with Gasteiger partial charge in [0.1, 0.15) is 12.1 Å². The summed E-state index contributed by atoms with van der Waals surface area (Å²) in [7, 11) is 0. The van der Waals surface area contributed by atoms with E-state index in [4.69, 9.17) is 16.3 Å². The molecular formula is C31H23ClN4O2. The van der Waals surface area contributed by atoms with Crippen LogP contribution in [0.25, 0.3) is 33.2 Å². The van der Waals surface area contributed by atoms with E-state index >= 15 is 0 Å². The molecule has 6 nitrogen and oxygen atoms in total. The summed E-state index contributed by atoms with van der Waals surface area (Å²) in [4.78, 5) is 24.9. The van der Waals surface area contributed by atoms with E-state index in [1.54, 1.807) is 18.5 Å². The number of anilines is 1. The van der Waals surface area contributed by atoms with Crippen LogP contribution in [0.2, 0.25) is 5.02 Å². The lowest BCUT2D eigenvalue weighted by atomic mass is 9.95. The van der Waals surface area contributed by atoms with Crippen LogP contribution in [-0.2, 0) is 4.79 Å². The van der Waals surface area contributed by atoms with Gasteiger partial charge in [0, 0.05) is 46.7 Å². The summed E-state index contributed by atoms with van der Waals surface area (Å²) in [5.41, 5.74) is 6.28. The largest absolute Gasteiger partial charge is 0.439 e. The first-order chi connectivity index (χ1) is 18.6. The third kappa shape index (κ3) is 4.99. The molecule has 1 aliphatic carbocycles. The quantitative estimate of drug-likeness (QED) is 0.222. The lowest BCUT2D eigenvalue weighted by Gasteiger charge is -2.13. The Bertz CT molecular complexity index is 1700. The van der Waals surface area contributed by atoms with Gasteiger partial charge in [-0.05, 0) is 84.0 Å². The van der Waals surface area contributed by atoms with Gasteiger partial charge >= 0.3 is 0 Å². The summed E-state index contributed by atoms with van der Waals surface area (Å²) in [5, 5.41) is 4.24. The molecule has 1 aliphatic rings. The predicted octanol–water partition coefficient (Wildman–Crippen LogP) is 7.81. The van der Waals surface area contributed by atoms with Crippen molar-refractivity contribution >= 4 is 34.1 Å². The van der Waals surface area contributed by atoms with E-state index in [2.05, 4.69) is 26.8 Å². The number of hydrogen-bond acceptors (Lipinski definition) is 5. The fourth-order valence-electron chi connectivity index (χ4n) is 4.50. The highest BCUT2D eigenvalue weighted by molar-refractivity contribution is 6.33. The van der Waals surface area contributed by atoms with Crippen LogP contribution < -0.4 is 10.1 Å². The maximum atomic E-state index is 11.8. The molecule has 186 valence electrons. The van der Waals surface area contributed by atoms with Gasteiger partial charge in [-0.25, -0.2) is 15.0 Å². The number of carbonyl (C=O) groups excluding carboxylic acids is 1. The number of nitrogens with zero attached hydrogens (tertiary/aromatic N) is 3. The molecule has 0 aliphatic heterocycles. The van der Waals surface area contributed by atoms with Crippen LogP contribution in [0.4, 0.5) is 5.69 Å². The van der Waals surface area contributed by atoms with Crippen LogP contribution in [-0.4, -0.2) is 20.9 Å². The number of rotatable bonds is 7. The average molecular weight is 519 g/mol. The van der Waals surface area contributed by atoms with Crippen molar-refractivity contribution < 1.29 is 9.53 Å². The molecule has 5 aromatic rings. The van der Waals surface area contributed by atoms with E-state index < -0.39 is 0 Å². The van der Waals surface area contributed by atoms with Crippen molar-refractivity contribution in [2.24, 2.45) is 0 Å². The third-order valence-corrected chi connectivity index (χ3v) is 6.83. The van der Waals surface area contributed by atoms with Gasteiger partial charge in [-0.1, -0.05) is 30.3 Å². The van der Waals surface area contributed by atoms with E-state index in [0.29, 0.717) is 28.3 Å². The van der Waals surface area contributed by atoms with E-state index in [1.165, 1.54) is 30.8 Å². The second-order valence-electron chi connectivity index (χ2n) is 9.20. The summed E-state index contributed by atoms with van der Waals surface area (Å²) in [6.45, 7) is 3.52. The monoisotopic (exact) mass is 518 g/mol. The Morgan fingerprint density at radius 2 is 1.89 bits per heavy atom. The molecule has 1 amide bonds. The number of aromatic nitrogens is 3. The fraction of sp³-hybridized carbons (Fsp3) is 0.0968. The van der Waals surface area contributed by atoms with Gasteiger partial charge < -0.3 is 10.1 Å². The van der Waals surface area contributed by atoms with Crippen molar-refractivity contribution in [1.82, 2.24) is 15.0 Å². The summed E-state index contributed by atoms with van der Waals surface area (Å²) >= 11 is 6.78. The predicted molar refractivity (Wildman–Crippen MR) is 151 cm³/mol. The molecular weight excluding hydrogens is 496 g/mol. The maximum absolute atomic E-state index is 11.8. The number of ether oxygens (including phenoxy) is 1. The zero-order chi connectivity index (χ0) is 26.1. The molecule has 38 heavy (non-hydrogen) atoms. The van der Waals surface area contributed by atoms with Gasteiger partial charge in [-0.15, -0.1) is 0 Å². The van der Waals surface area contributed by atoms with Crippen molar-refractivity contribution in [3.8, 4) is 33.9 Å². The second-order valence-corrected chi connectivity index (χ2v) is 9.61. The van der Waals surface area contributed by atoms with Crippen LogP contribution >= 0.6 is 11.6 Å². The van der Waals surface area contributed by atoms with Crippen molar-refractivity contribution in [2.45, 2.75) is 18.8 Å². The second kappa shape index (κ2) is 10.1. The molecule has 3 aromatic carbocycles. The molecule has 1 saturated carbocycles. The summed E-state index contributed by atoms with van der Waals surface area (Å²) in [6, 6.07) is 21.4. The SMILES string of the molecule is C=CC(=O)Nc1cccc(-c2cc(-c3ccc(Oc4cc(C5CC5)ccn4)cc3Cl)cc3cncnc23)c1. The molecule has 1 fully saturated rings. The molecule has 0 unspecified atom stereocenters. The number of nitrogens with one attached hydrogen (secondary N) is 1. The Kier molecular flexibility index (Phi) is 6.32. The molecule has 1 N–H and O–H groups in total. The van der Waals surface area contributed by atoms with Gasteiger partial charge in [0.05, 0.1) is 10.5 Å². The van der Waals surface area contributed by atoms with Gasteiger partial charge in [-0.2, -0.15) is 0 Å². The van der Waals surface area contributed by atoms with Crippen LogP contribution in [0.15, 0.2) is 98.1 Å². The smallest absolute Gasteiger partial charge is 0.247 e. The van der Waals surface area contributed by atoms with Crippen LogP contribution in [0, 0.1) is 0 Å². The number of carbonyl (C=O) groups is 1. The van der Waals surface area contributed by atoms with Gasteiger partial charge in [0.15, 0.2) is 0 Å². The molecule has 0 radical (unpaired) electrons. The minimum atomic E-state index is -0.272. The standard InChI is InChI=1S/C31H23ClN4O2/c1-2-29(37)36-24-5-3-4-21(13-24)27-14-22(12-23-17-33-18-35-31(23)27)26-9-8-25(16-28(26)32)38-30-15-20(10-11-34-30)19-6-7-19/h2-5,8-19H,1,6-7H2,(H,36,37). The summed E-state index contributed by atoms with van der Waals surface area (Å²) < 4.78 is 6.03. The highest BCUT2D eigenvalue weighted by Crippen LogP contribution is 2.41. The zero-order valence-electron chi connectivity index (χ0n) is 20.4. The van der Waals surface area contributed by atoms with Crippen LogP contribution in [0.5, 0.6) is 11.6 Å². The van der Waals surface area contributed by atoms with Gasteiger partial charge in [0.2, 0.25) is 11.8 Å². The van der Waals surface area contributed by atoms with Crippen LogP contribution in [0.3, 0.4) is 0 Å². The van der Waals surface area contributed by atoms with E-state index in [0.717, 1.165) is 33.2 Å². The molecule has 0 saturated heterocycles. The lowest BCUT2D eigenvalue weighted by Crippen LogP contribution is -2.07. The number of fused-ring (bicyclic) bond motifs is 1. The molecule has 6 rings (SSSR count). The number of hydrogen-bond donors (Lipinski definition) is 1. The Balaban J connectivity index is 1.36. The average Bonchev–Trinajstić information content (AvgIpc) is 3.79. The van der Waals surface area contributed by atoms with E-state index in [-0.39, 0.29) is 5.91 Å². The molecule has 2 aromatic heterocycles. The van der Waals surface area contributed by atoms with E-state index in [1.807, 2.05) is 60.7 Å². The highest BCUT2D eigenvalue weighted by Gasteiger charge is 2.24. The molecule has 7 heteroatoms. The summed E-state index contributed by atoms with van der Waals surface area (Å²) in [5.74, 6) is 1.53. The van der Waals surface area contributed by atoms with E-state index in [9.17, 15) is 4.79 Å². The summed E-state index contributed by atoms with van der Waals surface area (Å²) in [6.07, 6.45) is 8.77. The minimum Gasteiger partial charge on any atom is -0.439 e. The molecule has 0 atom stereocenters. The van der Waals surface area contributed by atoms with Gasteiger partial charge in [-0.3, -0.25) is 4.79 Å². The van der Waals surface area contributed by atoms with Crippen molar-refractivity contribution in [3.63, 3.8) is 0 Å². The molecule has 0 bridgehead atoms. The lowest BCUT2D eigenvalue weighted by molar-refractivity contribution is -0.111. The fourth-order valence-corrected chi connectivity index (χ4v) is 4.78. The first-order valence-corrected chi connectivity index (χ1v) is 12.7. The molecule has 0 spiro atoms. The first kappa shape index (κ1) is 23.8. The Morgan fingerprint density at radius 1 is 1.00 bits per heavy atom. The third-order valence-electron chi connectivity index (χ3n) is 6.51. The van der Waals surface area contributed by atoms with Crippen LogP contribution in [0.1, 0.15) is 24.3 Å². The Labute approximate surface area is 225 Å². The number of pyridine rings is 1. The van der Waals surface area contributed by atoms with Gasteiger partial charge in [0.25, 0.3) is 0 Å². The Hall–Kier alpha value is -4.55. The van der Waals surface area contributed by atoms with Crippen molar-refractivity contribution in [1.29, 1.82) is 0 Å². The number of halogens is 1. The number of benzene rings is 3. The van der Waals surface area contributed by atoms with Crippen molar-refractivity contribution in [3.05, 3.63) is 109 Å². The number of amides is 1.